The number of hydrogen-bond donors (Lipinski definition) is 1. The summed E-state index contributed by atoms with van der Waals surface area (Å²) < 4.78 is 6.52. The molecule has 1 aromatic heterocycles. The minimum absolute atomic E-state index is 0.0745. The van der Waals surface area contributed by atoms with Gasteiger partial charge in [0.05, 0.1) is 18.1 Å². The number of aromatic nitrogens is 3. The summed E-state index contributed by atoms with van der Waals surface area (Å²) in [6.45, 7) is -0.173. The highest BCUT2D eigenvalue weighted by Gasteiger charge is 2.20. The highest BCUT2D eigenvalue weighted by Crippen LogP contribution is 2.29. The highest BCUT2D eigenvalue weighted by molar-refractivity contribution is 5.93. The number of carbonyl (C=O) groups is 1. The molecule has 0 saturated heterocycles. The number of amides is 1. The number of anilines is 1. The Morgan fingerprint density at radius 1 is 1.03 bits per heavy atom. The zero-order valence-electron chi connectivity index (χ0n) is 17.1. The van der Waals surface area contributed by atoms with Gasteiger partial charge in [0.2, 0.25) is 5.91 Å². The monoisotopic (exact) mass is 429 g/mol. The fraction of sp³-hybridized carbons (Fsp3) is 0.0870. The van der Waals surface area contributed by atoms with Crippen molar-refractivity contribution >= 4 is 17.3 Å². The molecule has 0 aliphatic heterocycles. The maximum atomic E-state index is 12.8. The lowest BCUT2D eigenvalue weighted by molar-refractivity contribution is -0.384. The van der Waals surface area contributed by atoms with E-state index < -0.39 is 10.8 Å². The molecule has 0 unspecified atom stereocenters. The summed E-state index contributed by atoms with van der Waals surface area (Å²) in [6.07, 6.45) is 0. The first-order valence-corrected chi connectivity index (χ1v) is 9.73. The average Bonchev–Trinajstić information content (AvgIpc) is 3.24. The quantitative estimate of drug-likeness (QED) is 0.349. The Morgan fingerprint density at radius 3 is 2.31 bits per heavy atom. The van der Waals surface area contributed by atoms with E-state index in [-0.39, 0.29) is 17.9 Å². The van der Waals surface area contributed by atoms with Crippen molar-refractivity contribution in [3.8, 4) is 28.5 Å². The van der Waals surface area contributed by atoms with Crippen molar-refractivity contribution in [1.29, 1.82) is 0 Å². The Kier molecular flexibility index (Phi) is 5.89. The van der Waals surface area contributed by atoms with Crippen molar-refractivity contribution in [3.05, 3.63) is 89.0 Å². The van der Waals surface area contributed by atoms with E-state index in [1.165, 1.54) is 23.9 Å². The van der Waals surface area contributed by atoms with E-state index in [0.29, 0.717) is 17.4 Å². The molecule has 4 rings (SSSR count). The molecule has 0 atom stereocenters. The van der Waals surface area contributed by atoms with Crippen molar-refractivity contribution in [2.24, 2.45) is 0 Å². The summed E-state index contributed by atoms with van der Waals surface area (Å²) in [4.78, 5) is 28.2. The second-order valence-corrected chi connectivity index (χ2v) is 6.84. The van der Waals surface area contributed by atoms with Gasteiger partial charge in [0.25, 0.3) is 5.69 Å². The number of carbonyl (C=O) groups excluding carboxylic acids is 1. The fourth-order valence-corrected chi connectivity index (χ4v) is 3.18. The number of nitro benzene ring substituents is 1. The first-order valence-electron chi connectivity index (χ1n) is 9.73. The zero-order chi connectivity index (χ0) is 22.5. The topological polar surface area (TPSA) is 112 Å². The van der Waals surface area contributed by atoms with Gasteiger partial charge in [-0.3, -0.25) is 14.9 Å². The number of nitrogens with zero attached hydrogens (tertiary/aromatic N) is 4. The van der Waals surface area contributed by atoms with E-state index in [9.17, 15) is 14.9 Å². The normalized spacial score (nSPS) is 10.5. The lowest BCUT2D eigenvalue weighted by atomic mass is 10.2. The minimum Gasteiger partial charge on any atom is -0.496 e. The van der Waals surface area contributed by atoms with Crippen LogP contribution in [-0.4, -0.2) is 32.7 Å². The largest absolute Gasteiger partial charge is 0.496 e. The number of hydrogen-bond acceptors (Lipinski definition) is 6. The maximum Gasteiger partial charge on any atom is 0.296 e. The molecule has 1 N–H and O–H groups in total. The lowest BCUT2D eigenvalue weighted by Gasteiger charge is -2.09. The summed E-state index contributed by atoms with van der Waals surface area (Å²) in [6, 6.07) is 23.0. The van der Waals surface area contributed by atoms with Gasteiger partial charge < -0.3 is 10.1 Å². The van der Waals surface area contributed by atoms with E-state index in [4.69, 9.17) is 4.74 Å². The molecule has 160 valence electrons. The molecule has 32 heavy (non-hydrogen) atoms. The number of ether oxygens (including phenoxy) is 1. The van der Waals surface area contributed by atoms with E-state index in [2.05, 4.69) is 15.4 Å². The second-order valence-electron chi connectivity index (χ2n) is 6.84. The summed E-state index contributed by atoms with van der Waals surface area (Å²) in [5.41, 5.74) is 1.43. The van der Waals surface area contributed by atoms with Crippen molar-refractivity contribution in [2.75, 3.05) is 12.4 Å². The van der Waals surface area contributed by atoms with Crippen molar-refractivity contribution < 1.29 is 14.5 Å². The van der Waals surface area contributed by atoms with Gasteiger partial charge in [-0.05, 0) is 12.1 Å². The van der Waals surface area contributed by atoms with Gasteiger partial charge in [0, 0.05) is 11.1 Å². The Labute approximate surface area is 183 Å². The van der Waals surface area contributed by atoms with Gasteiger partial charge in [-0.15, -0.1) is 5.10 Å². The molecule has 0 bridgehead atoms. The van der Waals surface area contributed by atoms with Crippen LogP contribution in [0.1, 0.15) is 0 Å². The van der Waals surface area contributed by atoms with E-state index >= 15 is 0 Å². The molecule has 0 radical (unpaired) electrons. The minimum atomic E-state index is -0.573. The Morgan fingerprint density at radius 2 is 1.69 bits per heavy atom. The van der Waals surface area contributed by atoms with E-state index in [0.717, 1.165) is 11.1 Å². The highest BCUT2D eigenvalue weighted by atomic mass is 16.6. The van der Waals surface area contributed by atoms with Crippen LogP contribution in [0.4, 0.5) is 11.4 Å². The first-order chi connectivity index (χ1) is 15.5. The summed E-state index contributed by atoms with van der Waals surface area (Å²) in [5.74, 6) is 0.848. The van der Waals surface area contributed by atoms with E-state index in [1.54, 1.807) is 6.07 Å². The fourth-order valence-electron chi connectivity index (χ4n) is 3.18. The molecule has 9 nitrogen and oxygen atoms in total. The van der Waals surface area contributed by atoms with Crippen LogP contribution < -0.4 is 10.1 Å². The molecule has 0 fully saturated rings. The standard InChI is InChI=1S/C23H19N5O4/c1-32-18-12-13-19(20(14-18)28(30)31)24-21(29)15-27-23(17-10-6-3-7-11-17)25-22(26-27)16-8-4-2-5-9-16/h2-14H,15H2,1H3,(H,24,29). The van der Waals surface area contributed by atoms with Crippen LogP contribution in [0, 0.1) is 10.1 Å². The van der Waals surface area contributed by atoms with Gasteiger partial charge in [-0.1, -0.05) is 60.7 Å². The van der Waals surface area contributed by atoms with Gasteiger partial charge in [-0.25, -0.2) is 9.67 Å². The zero-order valence-corrected chi connectivity index (χ0v) is 17.1. The molecule has 0 aliphatic rings. The summed E-state index contributed by atoms with van der Waals surface area (Å²) in [7, 11) is 1.41. The second kappa shape index (κ2) is 9.09. The van der Waals surface area contributed by atoms with Gasteiger partial charge in [0.15, 0.2) is 11.6 Å². The maximum absolute atomic E-state index is 12.8. The molecule has 3 aromatic carbocycles. The third kappa shape index (κ3) is 4.46. The molecular formula is C23H19N5O4. The van der Waals surface area contributed by atoms with Crippen LogP contribution in [0.3, 0.4) is 0 Å². The predicted molar refractivity (Wildman–Crippen MR) is 119 cm³/mol. The molecule has 0 aliphatic carbocycles. The third-order valence-electron chi connectivity index (χ3n) is 4.70. The SMILES string of the molecule is COc1ccc(NC(=O)Cn2nc(-c3ccccc3)nc2-c2ccccc2)c([N+](=O)[O-])c1. The number of nitro groups is 1. The average molecular weight is 429 g/mol. The Hall–Kier alpha value is -4.53. The lowest BCUT2D eigenvalue weighted by Crippen LogP contribution is -2.20. The van der Waals surface area contributed by atoms with Crippen molar-refractivity contribution in [3.63, 3.8) is 0 Å². The van der Waals surface area contributed by atoms with Crippen molar-refractivity contribution in [2.45, 2.75) is 6.54 Å². The molecular weight excluding hydrogens is 410 g/mol. The smallest absolute Gasteiger partial charge is 0.296 e. The van der Waals surface area contributed by atoms with Crippen molar-refractivity contribution in [1.82, 2.24) is 14.8 Å². The molecule has 1 heterocycles. The van der Waals surface area contributed by atoms with Crippen LogP contribution in [0.5, 0.6) is 5.75 Å². The molecule has 0 spiro atoms. The van der Waals surface area contributed by atoms with Gasteiger partial charge in [-0.2, -0.15) is 0 Å². The molecule has 0 saturated carbocycles. The molecule has 9 heteroatoms. The van der Waals surface area contributed by atoms with Crippen LogP contribution in [0.15, 0.2) is 78.9 Å². The summed E-state index contributed by atoms with van der Waals surface area (Å²) in [5, 5.41) is 18.5. The van der Waals surface area contributed by atoms with Crippen LogP contribution in [-0.2, 0) is 11.3 Å². The van der Waals surface area contributed by atoms with E-state index in [1.807, 2.05) is 60.7 Å². The van der Waals surface area contributed by atoms with Gasteiger partial charge >= 0.3 is 0 Å². The molecule has 4 aromatic rings. The number of nitrogens with one attached hydrogen (secondary N) is 1. The predicted octanol–water partition coefficient (Wildman–Crippen LogP) is 4.17. The van der Waals surface area contributed by atoms with Gasteiger partial charge in [0.1, 0.15) is 18.0 Å². The number of rotatable bonds is 7. The first kappa shape index (κ1) is 20.7. The Balaban J connectivity index is 1.65. The number of methoxy groups -OCH3 is 1. The molecule has 1 amide bonds. The summed E-state index contributed by atoms with van der Waals surface area (Å²) >= 11 is 0. The van der Waals surface area contributed by atoms with Crippen LogP contribution in [0.25, 0.3) is 22.8 Å². The van der Waals surface area contributed by atoms with Crippen LogP contribution >= 0.6 is 0 Å². The number of benzene rings is 3. The van der Waals surface area contributed by atoms with Crippen LogP contribution in [0.2, 0.25) is 0 Å². The third-order valence-corrected chi connectivity index (χ3v) is 4.70. The Bertz CT molecular complexity index is 1260.